The van der Waals surface area contributed by atoms with Crippen LogP contribution in [0.5, 0.6) is 5.75 Å². The lowest BCUT2D eigenvalue weighted by Crippen LogP contribution is -2.27. The van der Waals surface area contributed by atoms with Gasteiger partial charge in [-0.25, -0.2) is 4.79 Å². The van der Waals surface area contributed by atoms with Crippen LogP contribution in [0.1, 0.15) is 40.4 Å². The van der Waals surface area contributed by atoms with Gasteiger partial charge in [0, 0.05) is 18.4 Å². The number of carbonyl (C=O) groups is 2. The highest BCUT2D eigenvalue weighted by Crippen LogP contribution is 2.43. The van der Waals surface area contributed by atoms with E-state index in [0.717, 1.165) is 5.56 Å². The van der Waals surface area contributed by atoms with E-state index < -0.39 is 11.9 Å². The van der Waals surface area contributed by atoms with Crippen molar-refractivity contribution in [1.29, 1.82) is 5.26 Å². The quantitative estimate of drug-likeness (QED) is 0.630. The van der Waals surface area contributed by atoms with E-state index in [-0.39, 0.29) is 17.2 Å². The summed E-state index contributed by atoms with van der Waals surface area (Å²) in [5, 5.41) is 11.4. The molecule has 0 fully saturated rings. The Labute approximate surface area is 165 Å². The molecule has 0 radical (unpaired) electrons. The molecule has 0 saturated heterocycles. The lowest BCUT2D eigenvalue weighted by Gasteiger charge is -2.31. The van der Waals surface area contributed by atoms with Gasteiger partial charge in [0.2, 0.25) is 5.88 Å². The van der Waals surface area contributed by atoms with Crippen LogP contribution in [0.4, 0.5) is 0 Å². The van der Waals surface area contributed by atoms with Crippen LogP contribution in [0.2, 0.25) is 0 Å². The number of esters is 1. The maximum atomic E-state index is 12.5. The molecule has 0 saturated carbocycles. The molecule has 28 heavy (non-hydrogen) atoms. The third-order valence-corrected chi connectivity index (χ3v) is 5.60. The number of rotatable bonds is 3. The number of ether oxygens (including phenoxy) is 2. The summed E-state index contributed by atoms with van der Waals surface area (Å²) in [4.78, 5) is 25.1. The first-order valence-electron chi connectivity index (χ1n) is 8.78. The molecule has 4 rings (SSSR count). The number of hydrogen-bond acceptors (Lipinski definition) is 7. The van der Waals surface area contributed by atoms with Gasteiger partial charge in [-0.3, -0.25) is 4.79 Å². The van der Waals surface area contributed by atoms with Gasteiger partial charge < -0.3 is 15.2 Å². The second-order valence-electron chi connectivity index (χ2n) is 6.47. The van der Waals surface area contributed by atoms with Crippen molar-refractivity contribution in [3.8, 4) is 11.8 Å². The summed E-state index contributed by atoms with van der Waals surface area (Å²) >= 11 is 1.30. The summed E-state index contributed by atoms with van der Waals surface area (Å²) in [7, 11) is 0. The average Bonchev–Trinajstić information content (AvgIpc) is 3.23. The normalized spacial score (nSPS) is 19.0. The molecule has 1 aromatic heterocycles. The summed E-state index contributed by atoms with van der Waals surface area (Å²) in [6, 6.07) is 12.3. The Morgan fingerprint density at radius 3 is 2.71 bits per heavy atom. The van der Waals surface area contributed by atoms with Crippen molar-refractivity contribution in [2.75, 3.05) is 0 Å². The molecule has 2 aliphatic rings. The van der Waals surface area contributed by atoms with Gasteiger partial charge in [-0.15, -0.1) is 11.3 Å². The molecular weight excluding hydrogens is 376 g/mol. The van der Waals surface area contributed by atoms with Gasteiger partial charge in [0.05, 0.1) is 5.92 Å². The van der Waals surface area contributed by atoms with Crippen LogP contribution in [0.3, 0.4) is 0 Å². The van der Waals surface area contributed by atoms with Crippen molar-refractivity contribution >= 4 is 23.1 Å². The first kappa shape index (κ1) is 18.0. The number of nitrogens with zero attached hydrogens (tertiary/aromatic N) is 1. The smallest absolute Gasteiger partial charge is 0.353 e. The van der Waals surface area contributed by atoms with Crippen LogP contribution in [-0.4, -0.2) is 11.8 Å². The fourth-order valence-electron chi connectivity index (χ4n) is 3.47. The van der Waals surface area contributed by atoms with Crippen LogP contribution in [0, 0.1) is 11.3 Å². The monoisotopic (exact) mass is 392 g/mol. The van der Waals surface area contributed by atoms with Crippen molar-refractivity contribution in [3.63, 3.8) is 0 Å². The van der Waals surface area contributed by atoms with E-state index in [1.807, 2.05) is 0 Å². The van der Waals surface area contributed by atoms with Crippen LogP contribution in [0.15, 0.2) is 64.6 Å². The van der Waals surface area contributed by atoms with E-state index in [1.165, 1.54) is 11.3 Å². The van der Waals surface area contributed by atoms with E-state index in [2.05, 4.69) is 6.07 Å². The molecule has 1 aliphatic carbocycles. The molecule has 6 nitrogen and oxygen atoms in total. The minimum absolute atomic E-state index is 0.0281. The van der Waals surface area contributed by atoms with Gasteiger partial charge >= 0.3 is 5.97 Å². The Morgan fingerprint density at radius 2 is 2.04 bits per heavy atom. The molecular formula is C21H16N2O4S. The molecule has 2 N–H and O–H groups in total. The van der Waals surface area contributed by atoms with Gasteiger partial charge in [0.25, 0.3) is 0 Å². The van der Waals surface area contributed by atoms with Crippen LogP contribution in [-0.2, 0) is 9.53 Å². The van der Waals surface area contributed by atoms with Crippen LogP contribution < -0.4 is 10.5 Å². The summed E-state index contributed by atoms with van der Waals surface area (Å²) in [6.45, 7) is 0. The largest absolute Gasteiger partial charge is 0.444 e. The first-order chi connectivity index (χ1) is 13.6. The number of hydrogen-bond donors (Lipinski definition) is 1. The van der Waals surface area contributed by atoms with Gasteiger partial charge in [-0.2, -0.15) is 5.26 Å². The number of thiophene rings is 1. The zero-order valence-corrected chi connectivity index (χ0v) is 15.6. The van der Waals surface area contributed by atoms with Crippen LogP contribution >= 0.6 is 11.3 Å². The number of nitriles is 1. The Morgan fingerprint density at radius 1 is 1.25 bits per heavy atom. The van der Waals surface area contributed by atoms with E-state index in [0.29, 0.717) is 41.2 Å². The number of Topliss-reactive ketones (excluding diaryl/α,β-unsaturated/α-hetero) is 1. The fourth-order valence-corrected chi connectivity index (χ4v) is 4.07. The molecule has 1 atom stereocenters. The third kappa shape index (κ3) is 3.19. The van der Waals surface area contributed by atoms with Gasteiger partial charge in [-0.1, -0.05) is 18.2 Å². The fraction of sp³-hybridized carbons (Fsp3) is 0.190. The molecule has 7 heteroatoms. The second-order valence-corrected chi connectivity index (χ2v) is 7.42. The SMILES string of the molecule is N#CC1=C(N)OC2=C(C(=O)CCC2)[C@@H]1c1ccc(OC(=O)c2cccs2)cc1. The molecule has 0 bridgehead atoms. The number of ketones is 1. The zero-order chi connectivity index (χ0) is 19.7. The number of nitrogens with two attached hydrogens (primary N) is 1. The van der Waals surface area contributed by atoms with Gasteiger partial charge in [-0.05, 0) is 35.6 Å². The van der Waals surface area contributed by atoms with Crippen molar-refractivity contribution in [2.24, 2.45) is 5.73 Å². The highest BCUT2D eigenvalue weighted by molar-refractivity contribution is 7.12. The summed E-state index contributed by atoms with van der Waals surface area (Å²) in [5.74, 6) is -0.0552. The number of carbonyl (C=O) groups excluding carboxylic acids is 2. The second kappa shape index (κ2) is 7.33. The predicted octanol–water partition coefficient (Wildman–Crippen LogP) is 3.78. The number of allylic oxidation sites excluding steroid dienone is 3. The van der Waals surface area contributed by atoms with Crippen molar-refractivity contribution in [2.45, 2.75) is 25.2 Å². The Kier molecular flexibility index (Phi) is 4.72. The first-order valence-corrected chi connectivity index (χ1v) is 9.66. The van der Waals surface area contributed by atoms with Crippen LogP contribution in [0.25, 0.3) is 0 Å². The maximum absolute atomic E-state index is 12.5. The Bertz CT molecular complexity index is 1040. The highest BCUT2D eigenvalue weighted by atomic mass is 32.1. The molecule has 1 aliphatic heterocycles. The third-order valence-electron chi connectivity index (χ3n) is 4.75. The lowest BCUT2D eigenvalue weighted by atomic mass is 9.77. The average molecular weight is 392 g/mol. The maximum Gasteiger partial charge on any atom is 0.353 e. The molecule has 0 unspecified atom stereocenters. The summed E-state index contributed by atoms with van der Waals surface area (Å²) in [5.41, 5.74) is 7.38. The standard InChI is InChI=1S/C21H16N2O4S/c22-11-14-18(19-15(24)3-1-4-16(19)27-20(14)23)12-6-8-13(9-7-12)26-21(25)17-5-2-10-28-17/h2,5-10,18H,1,3-4,23H2/t18-/m1/s1. The van der Waals surface area contributed by atoms with E-state index in [9.17, 15) is 14.9 Å². The Balaban J connectivity index is 1.65. The highest BCUT2D eigenvalue weighted by Gasteiger charge is 2.37. The minimum Gasteiger partial charge on any atom is -0.444 e. The van der Waals surface area contributed by atoms with Crippen molar-refractivity contribution in [1.82, 2.24) is 0 Å². The van der Waals surface area contributed by atoms with Gasteiger partial charge in [0.15, 0.2) is 5.78 Å². The topological polar surface area (TPSA) is 102 Å². The minimum atomic E-state index is -0.566. The van der Waals surface area contributed by atoms with Crippen molar-refractivity contribution in [3.05, 3.63) is 75.0 Å². The molecule has 2 aromatic rings. The zero-order valence-electron chi connectivity index (χ0n) is 14.8. The number of benzene rings is 1. The van der Waals surface area contributed by atoms with E-state index in [4.69, 9.17) is 15.2 Å². The van der Waals surface area contributed by atoms with E-state index >= 15 is 0 Å². The van der Waals surface area contributed by atoms with E-state index in [1.54, 1.807) is 41.8 Å². The predicted molar refractivity (Wildman–Crippen MR) is 102 cm³/mol. The molecule has 0 spiro atoms. The lowest BCUT2D eigenvalue weighted by molar-refractivity contribution is -0.116. The molecule has 140 valence electrons. The molecule has 2 heterocycles. The van der Waals surface area contributed by atoms with Crippen molar-refractivity contribution < 1.29 is 19.1 Å². The summed E-state index contributed by atoms with van der Waals surface area (Å²) in [6.07, 6.45) is 1.75. The summed E-state index contributed by atoms with van der Waals surface area (Å²) < 4.78 is 10.9. The molecule has 0 amide bonds. The Hall–Kier alpha value is -3.37. The molecule has 1 aromatic carbocycles. The van der Waals surface area contributed by atoms with Gasteiger partial charge in [0.1, 0.15) is 28.0 Å².